The first-order valence-corrected chi connectivity index (χ1v) is 6.38. The van der Waals surface area contributed by atoms with Gasteiger partial charge < -0.3 is 5.32 Å². The maximum absolute atomic E-state index is 10.9. The molecule has 0 unspecified atom stereocenters. The Morgan fingerprint density at radius 1 is 1.41 bits per heavy atom. The average molecular weight is 288 g/mol. The van der Waals surface area contributed by atoms with Crippen LogP contribution in [-0.2, 0) is 4.79 Å². The predicted molar refractivity (Wildman–Crippen MR) is 72.1 cm³/mol. The van der Waals surface area contributed by atoms with Gasteiger partial charge in [0.2, 0.25) is 5.91 Å². The van der Waals surface area contributed by atoms with Gasteiger partial charge in [-0.2, -0.15) is 5.10 Å². The topological polar surface area (TPSA) is 53.8 Å². The van der Waals surface area contributed by atoms with Gasteiger partial charge in [-0.05, 0) is 18.2 Å². The van der Waals surface area contributed by atoms with Crippen molar-refractivity contribution in [3.63, 3.8) is 0 Å². The van der Waals surface area contributed by atoms with Gasteiger partial charge in [0, 0.05) is 15.6 Å². The van der Waals surface area contributed by atoms with Crippen LogP contribution in [0.4, 0.5) is 0 Å². The Labute approximate surface area is 112 Å². The van der Waals surface area contributed by atoms with Gasteiger partial charge in [0.1, 0.15) is 0 Å². The third kappa shape index (κ3) is 3.46. The minimum atomic E-state index is -0.0651. The fraction of sp³-hybridized carbons (Fsp3) is 0.100. The second-order valence-corrected chi connectivity index (χ2v) is 4.96. The zero-order valence-electron chi connectivity index (χ0n) is 8.48. The zero-order chi connectivity index (χ0) is 12.3. The SMILES string of the molecule is O=C1CSC(=NN=Cc2cc(Cl)ccc2Cl)N1. The number of benzene rings is 1. The number of rotatable bonds is 2. The van der Waals surface area contributed by atoms with Crippen molar-refractivity contribution in [2.75, 3.05) is 5.75 Å². The van der Waals surface area contributed by atoms with Crippen LogP contribution in [0.15, 0.2) is 28.4 Å². The number of amides is 1. The van der Waals surface area contributed by atoms with Crippen molar-refractivity contribution in [2.45, 2.75) is 0 Å². The van der Waals surface area contributed by atoms with E-state index in [2.05, 4.69) is 15.5 Å². The van der Waals surface area contributed by atoms with Crippen LogP contribution in [0, 0.1) is 0 Å². The third-order valence-corrected chi connectivity index (χ3v) is 3.33. The zero-order valence-corrected chi connectivity index (χ0v) is 10.8. The van der Waals surface area contributed by atoms with E-state index >= 15 is 0 Å². The van der Waals surface area contributed by atoms with Crippen LogP contribution >= 0.6 is 35.0 Å². The Kier molecular flexibility index (Phi) is 4.04. The molecule has 1 fully saturated rings. The second kappa shape index (κ2) is 5.53. The summed E-state index contributed by atoms with van der Waals surface area (Å²) in [5.41, 5.74) is 0.679. The Balaban J connectivity index is 2.10. The first-order chi connectivity index (χ1) is 8.15. The smallest absolute Gasteiger partial charge is 0.236 e. The molecule has 1 aliphatic heterocycles. The molecular weight excluding hydrogens is 281 g/mol. The molecule has 0 bridgehead atoms. The molecular formula is C10H7Cl2N3OS. The van der Waals surface area contributed by atoms with Gasteiger partial charge in [0.05, 0.1) is 12.0 Å². The standard InChI is InChI=1S/C10H7Cl2N3OS/c11-7-1-2-8(12)6(3-7)4-13-15-10-14-9(16)5-17-10/h1-4H,5H2,(H,14,15,16). The lowest BCUT2D eigenvalue weighted by Crippen LogP contribution is -2.19. The van der Waals surface area contributed by atoms with Crippen LogP contribution in [0.25, 0.3) is 0 Å². The summed E-state index contributed by atoms with van der Waals surface area (Å²) in [7, 11) is 0. The van der Waals surface area contributed by atoms with Crippen molar-refractivity contribution in [3.05, 3.63) is 33.8 Å². The molecule has 17 heavy (non-hydrogen) atoms. The van der Waals surface area contributed by atoms with Crippen LogP contribution in [0.2, 0.25) is 10.0 Å². The molecule has 1 N–H and O–H groups in total. The van der Waals surface area contributed by atoms with Gasteiger partial charge in [-0.3, -0.25) is 4.79 Å². The summed E-state index contributed by atoms with van der Waals surface area (Å²) in [5, 5.41) is 11.9. The number of halogens is 2. The quantitative estimate of drug-likeness (QED) is 0.671. The highest BCUT2D eigenvalue weighted by Crippen LogP contribution is 2.19. The molecule has 0 radical (unpaired) electrons. The summed E-state index contributed by atoms with van der Waals surface area (Å²) >= 11 is 13.1. The molecule has 7 heteroatoms. The lowest BCUT2D eigenvalue weighted by molar-refractivity contribution is -0.116. The highest BCUT2D eigenvalue weighted by atomic mass is 35.5. The van der Waals surface area contributed by atoms with E-state index in [1.807, 2.05) is 0 Å². The van der Waals surface area contributed by atoms with Gasteiger partial charge in [0.15, 0.2) is 5.17 Å². The van der Waals surface area contributed by atoms with Gasteiger partial charge in [-0.15, -0.1) is 5.10 Å². The summed E-state index contributed by atoms with van der Waals surface area (Å²) in [6, 6.07) is 5.07. The fourth-order valence-electron chi connectivity index (χ4n) is 1.14. The summed E-state index contributed by atoms with van der Waals surface area (Å²) in [6.45, 7) is 0. The predicted octanol–water partition coefficient (Wildman–Crippen LogP) is 2.55. The van der Waals surface area contributed by atoms with Crippen LogP contribution in [0.5, 0.6) is 0 Å². The van der Waals surface area contributed by atoms with E-state index in [1.165, 1.54) is 18.0 Å². The van der Waals surface area contributed by atoms with Crippen molar-refractivity contribution in [1.29, 1.82) is 0 Å². The summed E-state index contributed by atoms with van der Waals surface area (Å²) in [4.78, 5) is 10.9. The summed E-state index contributed by atoms with van der Waals surface area (Å²) < 4.78 is 0. The van der Waals surface area contributed by atoms with E-state index in [9.17, 15) is 4.79 Å². The van der Waals surface area contributed by atoms with Crippen molar-refractivity contribution in [3.8, 4) is 0 Å². The normalized spacial score (nSPS) is 18.0. The second-order valence-electron chi connectivity index (χ2n) is 3.15. The van der Waals surface area contributed by atoms with Crippen molar-refractivity contribution >= 4 is 52.3 Å². The number of amidine groups is 1. The van der Waals surface area contributed by atoms with Crippen molar-refractivity contribution in [2.24, 2.45) is 10.2 Å². The third-order valence-electron chi connectivity index (χ3n) is 1.89. The molecule has 0 aromatic heterocycles. The van der Waals surface area contributed by atoms with Gasteiger partial charge >= 0.3 is 0 Å². The van der Waals surface area contributed by atoms with Crippen molar-refractivity contribution in [1.82, 2.24) is 5.32 Å². The molecule has 0 atom stereocenters. The molecule has 0 spiro atoms. The molecule has 0 saturated carbocycles. The number of hydrogen-bond donors (Lipinski definition) is 1. The Morgan fingerprint density at radius 2 is 2.24 bits per heavy atom. The van der Waals surface area contributed by atoms with Gasteiger partial charge in [0.25, 0.3) is 0 Å². The first-order valence-electron chi connectivity index (χ1n) is 4.64. The van der Waals surface area contributed by atoms with Crippen LogP contribution in [-0.4, -0.2) is 23.0 Å². The van der Waals surface area contributed by atoms with Crippen molar-refractivity contribution < 1.29 is 4.79 Å². The molecule has 1 saturated heterocycles. The molecule has 1 amide bonds. The monoisotopic (exact) mass is 287 g/mol. The van der Waals surface area contributed by atoms with E-state index in [0.717, 1.165) is 0 Å². The number of nitrogens with zero attached hydrogens (tertiary/aromatic N) is 2. The van der Waals surface area contributed by atoms with E-state index < -0.39 is 0 Å². The van der Waals surface area contributed by atoms with E-state index in [0.29, 0.717) is 26.5 Å². The molecule has 88 valence electrons. The molecule has 1 heterocycles. The summed E-state index contributed by atoms with van der Waals surface area (Å²) in [5.74, 6) is 0.316. The minimum Gasteiger partial charge on any atom is -0.303 e. The number of nitrogens with one attached hydrogen (secondary N) is 1. The van der Waals surface area contributed by atoms with Crippen LogP contribution in [0.1, 0.15) is 5.56 Å². The number of carbonyl (C=O) groups is 1. The molecule has 4 nitrogen and oxygen atoms in total. The first kappa shape index (κ1) is 12.4. The fourth-order valence-corrected chi connectivity index (χ4v) is 2.11. The van der Waals surface area contributed by atoms with Gasteiger partial charge in [-0.1, -0.05) is 35.0 Å². The average Bonchev–Trinajstić information content (AvgIpc) is 2.69. The molecule has 0 aliphatic carbocycles. The number of thioether (sulfide) groups is 1. The molecule has 1 aromatic carbocycles. The van der Waals surface area contributed by atoms with E-state index in [-0.39, 0.29) is 5.91 Å². The minimum absolute atomic E-state index is 0.0651. The van der Waals surface area contributed by atoms with Crippen LogP contribution in [0.3, 0.4) is 0 Å². The lowest BCUT2D eigenvalue weighted by atomic mass is 10.2. The Morgan fingerprint density at radius 3 is 2.94 bits per heavy atom. The van der Waals surface area contributed by atoms with Crippen LogP contribution < -0.4 is 5.32 Å². The lowest BCUT2D eigenvalue weighted by Gasteiger charge is -1.97. The van der Waals surface area contributed by atoms with E-state index in [4.69, 9.17) is 23.2 Å². The molecule has 2 rings (SSSR count). The Hall–Kier alpha value is -1.04. The number of hydrogen-bond acceptors (Lipinski definition) is 4. The highest BCUT2D eigenvalue weighted by molar-refractivity contribution is 8.15. The largest absolute Gasteiger partial charge is 0.303 e. The molecule has 1 aliphatic rings. The molecule has 1 aromatic rings. The van der Waals surface area contributed by atoms with Gasteiger partial charge in [-0.25, -0.2) is 0 Å². The maximum Gasteiger partial charge on any atom is 0.236 e. The summed E-state index contributed by atoms with van der Waals surface area (Å²) in [6.07, 6.45) is 1.49. The number of carbonyl (C=O) groups excluding carboxylic acids is 1. The Bertz CT molecular complexity index is 516. The maximum atomic E-state index is 10.9. The van der Waals surface area contributed by atoms with E-state index in [1.54, 1.807) is 18.2 Å². The highest BCUT2D eigenvalue weighted by Gasteiger charge is 2.15.